The minimum absolute atomic E-state index is 0.0588. The lowest BCUT2D eigenvalue weighted by atomic mass is 10.1. The van der Waals surface area contributed by atoms with Crippen LogP contribution in [0.15, 0.2) is 22.9 Å². The van der Waals surface area contributed by atoms with Gasteiger partial charge < -0.3 is 10.6 Å². The van der Waals surface area contributed by atoms with E-state index in [1.54, 1.807) is 18.3 Å². The standard InChI is InChI=1S/C9H10BrN3O/c10-8-2-1-6(3-12-8)9(14)13-7-4-11-5-7/h1-3,7,11H,4-5H2,(H,13,14). The van der Waals surface area contributed by atoms with Gasteiger partial charge in [-0.2, -0.15) is 0 Å². The second-order valence-electron chi connectivity index (χ2n) is 3.20. The quantitative estimate of drug-likeness (QED) is 0.759. The molecule has 2 heterocycles. The molecule has 0 aromatic carbocycles. The van der Waals surface area contributed by atoms with Crippen molar-refractivity contribution in [3.8, 4) is 0 Å². The van der Waals surface area contributed by atoms with Gasteiger partial charge in [0.2, 0.25) is 0 Å². The highest BCUT2D eigenvalue weighted by Gasteiger charge is 2.19. The number of pyridine rings is 1. The van der Waals surface area contributed by atoms with Crippen molar-refractivity contribution >= 4 is 21.8 Å². The molecular weight excluding hydrogens is 246 g/mol. The summed E-state index contributed by atoms with van der Waals surface area (Å²) in [6.45, 7) is 1.71. The molecule has 1 fully saturated rings. The third-order valence-electron chi connectivity index (χ3n) is 2.11. The van der Waals surface area contributed by atoms with E-state index in [1.165, 1.54) is 0 Å². The summed E-state index contributed by atoms with van der Waals surface area (Å²) in [5.41, 5.74) is 0.597. The topological polar surface area (TPSA) is 54.0 Å². The van der Waals surface area contributed by atoms with Gasteiger partial charge in [-0.3, -0.25) is 4.79 Å². The number of hydrogen-bond donors (Lipinski definition) is 2. The van der Waals surface area contributed by atoms with E-state index >= 15 is 0 Å². The van der Waals surface area contributed by atoms with Crippen LogP contribution in [0, 0.1) is 0 Å². The Kier molecular flexibility index (Phi) is 2.79. The van der Waals surface area contributed by atoms with Crippen LogP contribution in [0.4, 0.5) is 0 Å². The first-order chi connectivity index (χ1) is 6.75. The van der Waals surface area contributed by atoms with E-state index < -0.39 is 0 Å². The van der Waals surface area contributed by atoms with Crippen LogP contribution in [0.1, 0.15) is 10.4 Å². The van der Waals surface area contributed by atoms with Crippen molar-refractivity contribution in [1.29, 1.82) is 0 Å². The van der Waals surface area contributed by atoms with Gasteiger partial charge in [0.25, 0.3) is 5.91 Å². The Morgan fingerprint density at radius 3 is 2.86 bits per heavy atom. The van der Waals surface area contributed by atoms with Crippen LogP contribution < -0.4 is 10.6 Å². The van der Waals surface area contributed by atoms with Crippen molar-refractivity contribution in [3.63, 3.8) is 0 Å². The molecule has 0 spiro atoms. The van der Waals surface area contributed by atoms with Crippen LogP contribution in [-0.4, -0.2) is 30.0 Å². The minimum atomic E-state index is -0.0588. The Balaban J connectivity index is 1.99. The highest BCUT2D eigenvalue weighted by molar-refractivity contribution is 9.10. The molecule has 1 saturated heterocycles. The highest BCUT2D eigenvalue weighted by atomic mass is 79.9. The van der Waals surface area contributed by atoms with E-state index in [1.807, 2.05) is 0 Å². The summed E-state index contributed by atoms with van der Waals surface area (Å²) in [5.74, 6) is -0.0588. The molecule has 2 rings (SSSR count). The summed E-state index contributed by atoms with van der Waals surface area (Å²) in [7, 11) is 0. The smallest absolute Gasteiger partial charge is 0.253 e. The summed E-state index contributed by atoms with van der Waals surface area (Å²) in [6.07, 6.45) is 1.56. The largest absolute Gasteiger partial charge is 0.347 e. The molecule has 0 saturated carbocycles. The van der Waals surface area contributed by atoms with Gasteiger partial charge in [0.15, 0.2) is 0 Å². The van der Waals surface area contributed by atoms with E-state index in [9.17, 15) is 4.79 Å². The van der Waals surface area contributed by atoms with E-state index in [0.717, 1.165) is 17.7 Å². The van der Waals surface area contributed by atoms with Crippen molar-refractivity contribution in [2.45, 2.75) is 6.04 Å². The van der Waals surface area contributed by atoms with E-state index in [2.05, 4.69) is 31.5 Å². The first-order valence-corrected chi connectivity index (χ1v) is 5.18. The van der Waals surface area contributed by atoms with Gasteiger partial charge in [0.05, 0.1) is 11.6 Å². The van der Waals surface area contributed by atoms with Crippen LogP contribution >= 0.6 is 15.9 Å². The van der Waals surface area contributed by atoms with Gasteiger partial charge in [-0.25, -0.2) is 4.98 Å². The number of halogens is 1. The molecule has 1 aliphatic rings. The number of carbonyl (C=O) groups excluding carboxylic acids is 1. The zero-order valence-electron chi connectivity index (χ0n) is 7.46. The third-order valence-corrected chi connectivity index (χ3v) is 2.58. The fourth-order valence-corrected chi connectivity index (χ4v) is 1.40. The molecule has 0 bridgehead atoms. The average molecular weight is 256 g/mol. The molecule has 1 aliphatic heterocycles. The van der Waals surface area contributed by atoms with Crippen molar-refractivity contribution in [3.05, 3.63) is 28.5 Å². The number of nitrogens with zero attached hydrogens (tertiary/aromatic N) is 1. The molecule has 1 aromatic heterocycles. The lowest BCUT2D eigenvalue weighted by molar-refractivity contribution is 0.0923. The fraction of sp³-hybridized carbons (Fsp3) is 0.333. The van der Waals surface area contributed by atoms with Crippen LogP contribution in [0.25, 0.3) is 0 Å². The monoisotopic (exact) mass is 255 g/mol. The number of amides is 1. The summed E-state index contributed by atoms with van der Waals surface area (Å²) in [6, 6.07) is 3.78. The lowest BCUT2D eigenvalue weighted by Gasteiger charge is -2.27. The number of carbonyl (C=O) groups is 1. The van der Waals surface area contributed by atoms with Crippen molar-refractivity contribution in [1.82, 2.24) is 15.6 Å². The number of rotatable bonds is 2. The first kappa shape index (κ1) is 9.61. The van der Waals surface area contributed by atoms with Crippen molar-refractivity contribution in [2.24, 2.45) is 0 Å². The fourth-order valence-electron chi connectivity index (χ4n) is 1.17. The zero-order valence-corrected chi connectivity index (χ0v) is 9.04. The Bertz CT molecular complexity index is 334. The summed E-state index contributed by atoms with van der Waals surface area (Å²) < 4.78 is 0.736. The molecule has 74 valence electrons. The van der Waals surface area contributed by atoms with Crippen LogP contribution in [-0.2, 0) is 0 Å². The minimum Gasteiger partial charge on any atom is -0.347 e. The first-order valence-electron chi connectivity index (χ1n) is 4.39. The van der Waals surface area contributed by atoms with E-state index in [0.29, 0.717) is 5.56 Å². The molecule has 0 unspecified atom stereocenters. The molecule has 1 amide bonds. The molecule has 5 heteroatoms. The Morgan fingerprint density at radius 2 is 2.36 bits per heavy atom. The average Bonchev–Trinajstić information content (AvgIpc) is 2.12. The molecule has 0 radical (unpaired) electrons. The van der Waals surface area contributed by atoms with Gasteiger partial charge in [0.1, 0.15) is 4.60 Å². The third kappa shape index (κ3) is 2.10. The molecule has 14 heavy (non-hydrogen) atoms. The summed E-state index contributed by atoms with van der Waals surface area (Å²) in [5, 5.41) is 5.98. The zero-order chi connectivity index (χ0) is 9.97. The molecule has 1 aromatic rings. The number of nitrogens with one attached hydrogen (secondary N) is 2. The predicted octanol–water partition coefficient (Wildman–Crippen LogP) is 0.546. The maximum atomic E-state index is 11.6. The summed E-state index contributed by atoms with van der Waals surface area (Å²) >= 11 is 3.22. The van der Waals surface area contributed by atoms with Crippen molar-refractivity contribution in [2.75, 3.05) is 13.1 Å². The van der Waals surface area contributed by atoms with Crippen LogP contribution in [0.5, 0.6) is 0 Å². The maximum Gasteiger partial charge on any atom is 0.253 e. The van der Waals surface area contributed by atoms with E-state index in [4.69, 9.17) is 0 Å². The second kappa shape index (κ2) is 4.06. The van der Waals surface area contributed by atoms with Gasteiger partial charge >= 0.3 is 0 Å². The Labute approximate surface area is 90.2 Å². The molecular formula is C9H10BrN3O. The SMILES string of the molecule is O=C(NC1CNC1)c1ccc(Br)nc1. The van der Waals surface area contributed by atoms with Crippen LogP contribution in [0.2, 0.25) is 0 Å². The number of hydrogen-bond acceptors (Lipinski definition) is 3. The molecule has 4 nitrogen and oxygen atoms in total. The van der Waals surface area contributed by atoms with Crippen molar-refractivity contribution < 1.29 is 4.79 Å². The van der Waals surface area contributed by atoms with Gasteiger partial charge in [-0.05, 0) is 28.1 Å². The second-order valence-corrected chi connectivity index (χ2v) is 4.01. The Hall–Kier alpha value is -0.940. The van der Waals surface area contributed by atoms with Gasteiger partial charge in [-0.1, -0.05) is 0 Å². The Morgan fingerprint density at radius 1 is 1.57 bits per heavy atom. The lowest BCUT2D eigenvalue weighted by Crippen LogP contribution is -2.56. The van der Waals surface area contributed by atoms with E-state index in [-0.39, 0.29) is 11.9 Å². The van der Waals surface area contributed by atoms with Crippen LogP contribution in [0.3, 0.4) is 0 Å². The summed E-state index contributed by atoms with van der Waals surface area (Å²) in [4.78, 5) is 15.6. The highest BCUT2D eigenvalue weighted by Crippen LogP contribution is 2.06. The molecule has 0 aliphatic carbocycles. The predicted molar refractivity (Wildman–Crippen MR) is 56.1 cm³/mol. The number of aromatic nitrogens is 1. The molecule has 2 N–H and O–H groups in total. The molecule has 0 atom stereocenters. The van der Waals surface area contributed by atoms with Gasteiger partial charge in [0, 0.05) is 19.3 Å². The van der Waals surface area contributed by atoms with Gasteiger partial charge in [-0.15, -0.1) is 0 Å². The maximum absolute atomic E-state index is 11.6. The normalized spacial score (nSPS) is 16.1.